The smallest absolute Gasteiger partial charge is 0.337 e. The van der Waals surface area contributed by atoms with E-state index in [4.69, 9.17) is 0 Å². The SMILES string of the molecule is CC.COC(=O)c1ccc(-n2cnc3ccc(C(=O)N4CCC4)c(F)c32)cc1. The predicted molar refractivity (Wildman–Crippen MR) is 104 cm³/mol. The van der Waals surface area contributed by atoms with Gasteiger partial charge < -0.3 is 9.64 Å². The molecule has 0 unspecified atom stereocenters. The quantitative estimate of drug-likeness (QED) is 0.645. The van der Waals surface area contributed by atoms with Crippen molar-refractivity contribution in [2.24, 2.45) is 0 Å². The van der Waals surface area contributed by atoms with Crippen LogP contribution in [0.2, 0.25) is 0 Å². The van der Waals surface area contributed by atoms with Crippen LogP contribution < -0.4 is 0 Å². The van der Waals surface area contributed by atoms with E-state index in [1.165, 1.54) is 19.5 Å². The maximum Gasteiger partial charge on any atom is 0.337 e. The number of halogens is 1. The van der Waals surface area contributed by atoms with E-state index in [1.807, 2.05) is 13.8 Å². The summed E-state index contributed by atoms with van der Waals surface area (Å²) in [4.78, 5) is 29.8. The number of carbonyl (C=O) groups excluding carboxylic acids is 2. The van der Waals surface area contributed by atoms with Gasteiger partial charge in [0.1, 0.15) is 11.8 Å². The lowest BCUT2D eigenvalue weighted by molar-refractivity contribution is 0.0599. The Balaban J connectivity index is 0.00000109. The molecule has 0 bridgehead atoms. The second kappa shape index (κ2) is 8.21. The Morgan fingerprint density at radius 1 is 1.07 bits per heavy atom. The molecule has 1 aliphatic rings. The second-order valence-electron chi connectivity index (χ2n) is 6.09. The number of likely N-dealkylation sites (tertiary alicyclic amines) is 1. The Kier molecular flexibility index (Phi) is 5.73. The minimum absolute atomic E-state index is 0.0464. The topological polar surface area (TPSA) is 64.4 Å². The summed E-state index contributed by atoms with van der Waals surface area (Å²) in [6.45, 7) is 5.31. The van der Waals surface area contributed by atoms with Gasteiger partial charge in [-0.25, -0.2) is 14.2 Å². The number of nitrogens with zero attached hydrogens (tertiary/aromatic N) is 3. The Bertz CT molecular complexity index is 1010. The molecule has 0 spiro atoms. The van der Waals surface area contributed by atoms with Crippen LogP contribution in [0.15, 0.2) is 42.7 Å². The molecule has 4 rings (SSSR count). The molecule has 2 heterocycles. The van der Waals surface area contributed by atoms with Crippen molar-refractivity contribution < 1.29 is 18.7 Å². The molecular formula is C21H22FN3O3. The molecule has 1 saturated heterocycles. The van der Waals surface area contributed by atoms with Crippen molar-refractivity contribution in [3.8, 4) is 5.69 Å². The molecule has 1 fully saturated rings. The van der Waals surface area contributed by atoms with Crippen LogP contribution in [-0.4, -0.2) is 46.5 Å². The maximum atomic E-state index is 15.1. The Morgan fingerprint density at radius 3 is 2.32 bits per heavy atom. The molecule has 146 valence electrons. The fourth-order valence-corrected chi connectivity index (χ4v) is 2.99. The van der Waals surface area contributed by atoms with Gasteiger partial charge in [0.25, 0.3) is 5.91 Å². The van der Waals surface area contributed by atoms with E-state index in [2.05, 4.69) is 9.72 Å². The molecule has 2 aromatic carbocycles. The van der Waals surface area contributed by atoms with Crippen molar-refractivity contribution in [1.82, 2.24) is 14.5 Å². The van der Waals surface area contributed by atoms with Crippen molar-refractivity contribution in [2.75, 3.05) is 20.2 Å². The van der Waals surface area contributed by atoms with Gasteiger partial charge >= 0.3 is 5.97 Å². The highest BCUT2D eigenvalue weighted by molar-refractivity contribution is 5.98. The van der Waals surface area contributed by atoms with Gasteiger partial charge in [0.2, 0.25) is 0 Å². The van der Waals surface area contributed by atoms with Crippen LogP contribution in [0, 0.1) is 5.82 Å². The summed E-state index contributed by atoms with van der Waals surface area (Å²) < 4.78 is 21.3. The molecule has 0 radical (unpaired) electrons. The first-order valence-electron chi connectivity index (χ1n) is 9.23. The number of benzene rings is 2. The Morgan fingerprint density at radius 2 is 1.75 bits per heavy atom. The summed E-state index contributed by atoms with van der Waals surface area (Å²) >= 11 is 0. The number of hydrogen-bond acceptors (Lipinski definition) is 4. The molecule has 1 aliphatic heterocycles. The molecule has 0 atom stereocenters. The first kappa shape index (κ1) is 19.5. The summed E-state index contributed by atoms with van der Waals surface area (Å²) in [5, 5.41) is 0. The van der Waals surface area contributed by atoms with Gasteiger partial charge in [-0.1, -0.05) is 13.8 Å². The fraction of sp³-hybridized carbons (Fsp3) is 0.286. The molecule has 0 aliphatic carbocycles. The number of fused-ring (bicyclic) bond motifs is 1. The van der Waals surface area contributed by atoms with Crippen LogP contribution in [-0.2, 0) is 4.74 Å². The molecule has 28 heavy (non-hydrogen) atoms. The first-order chi connectivity index (χ1) is 13.6. The summed E-state index contributed by atoms with van der Waals surface area (Å²) in [7, 11) is 1.31. The third-order valence-electron chi connectivity index (χ3n) is 4.59. The zero-order valence-electron chi connectivity index (χ0n) is 16.1. The van der Waals surface area contributed by atoms with Crippen LogP contribution >= 0.6 is 0 Å². The highest BCUT2D eigenvalue weighted by Gasteiger charge is 2.26. The molecule has 7 heteroatoms. The number of hydrogen-bond donors (Lipinski definition) is 0. The number of amides is 1. The monoisotopic (exact) mass is 383 g/mol. The van der Waals surface area contributed by atoms with Gasteiger partial charge in [-0.15, -0.1) is 0 Å². The minimum atomic E-state index is -0.589. The number of aromatic nitrogens is 2. The van der Waals surface area contributed by atoms with Crippen molar-refractivity contribution in [3.05, 3.63) is 59.7 Å². The third kappa shape index (κ3) is 3.35. The molecule has 6 nitrogen and oxygen atoms in total. The highest BCUT2D eigenvalue weighted by atomic mass is 19.1. The van der Waals surface area contributed by atoms with Crippen LogP contribution in [0.4, 0.5) is 4.39 Å². The van der Waals surface area contributed by atoms with Gasteiger partial charge in [-0.2, -0.15) is 0 Å². The lowest BCUT2D eigenvalue weighted by atomic mass is 10.1. The Labute approximate surface area is 162 Å². The third-order valence-corrected chi connectivity index (χ3v) is 4.59. The highest BCUT2D eigenvalue weighted by Crippen LogP contribution is 2.25. The normalized spacial score (nSPS) is 12.8. The summed E-state index contributed by atoms with van der Waals surface area (Å²) in [6.07, 6.45) is 2.44. The van der Waals surface area contributed by atoms with E-state index in [0.29, 0.717) is 29.9 Å². The van der Waals surface area contributed by atoms with Gasteiger partial charge in [-0.05, 0) is 42.8 Å². The van der Waals surface area contributed by atoms with Gasteiger partial charge in [0.15, 0.2) is 5.82 Å². The lowest BCUT2D eigenvalue weighted by Gasteiger charge is -2.31. The largest absolute Gasteiger partial charge is 0.465 e. The zero-order valence-corrected chi connectivity index (χ0v) is 16.1. The van der Waals surface area contributed by atoms with E-state index in [1.54, 1.807) is 39.8 Å². The number of methoxy groups -OCH3 is 1. The summed E-state index contributed by atoms with van der Waals surface area (Å²) in [5.41, 5.74) is 1.77. The Hall–Kier alpha value is -3.22. The number of esters is 1. The van der Waals surface area contributed by atoms with E-state index in [9.17, 15) is 9.59 Å². The van der Waals surface area contributed by atoms with E-state index >= 15 is 4.39 Å². The van der Waals surface area contributed by atoms with E-state index in [-0.39, 0.29) is 17.0 Å². The lowest BCUT2D eigenvalue weighted by Crippen LogP contribution is -2.42. The zero-order chi connectivity index (χ0) is 20.3. The molecule has 0 saturated carbocycles. The minimum Gasteiger partial charge on any atom is -0.465 e. The molecular weight excluding hydrogens is 361 g/mol. The average molecular weight is 383 g/mol. The van der Waals surface area contributed by atoms with Crippen LogP contribution in [0.1, 0.15) is 41.0 Å². The van der Waals surface area contributed by atoms with Crippen LogP contribution in [0.5, 0.6) is 0 Å². The summed E-state index contributed by atoms with van der Waals surface area (Å²) in [6, 6.07) is 9.67. The number of carbonyl (C=O) groups is 2. The van der Waals surface area contributed by atoms with E-state index in [0.717, 1.165) is 6.42 Å². The molecule has 1 aromatic heterocycles. The number of ether oxygens (including phenoxy) is 1. The molecule has 0 N–H and O–H groups in total. The van der Waals surface area contributed by atoms with E-state index < -0.39 is 11.8 Å². The standard InChI is InChI=1S/C19H16FN3O3.C2H6/c1-26-19(25)12-3-5-13(6-4-12)23-11-21-15-8-7-14(16(20)17(15)23)18(24)22-9-2-10-22;1-2/h3-8,11H,2,9-10H2,1H3;1-2H3. The second-order valence-corrected chi connectivity index (χ2v) is 6.09. The number of rotatable bonds is 3. The van der Waals surface area contributed by atoms with Gasteiger partial charge in [0, 0.05) is 18.8 Å². The molecule has 3 aromatic rings. The first-order valence-corrected chi connectivity index (χ1v) is 9.23. The number of imidazole rings is 1. The van der Waals surface area contributed by atoms with Crippen molar-refractivity contribution in [3.63, 3.8) is 0 Å². The molecule has 1 amide bonds. The van der Waals surface area contributed by atoms with Crippen LogP contribution in [0.3, 0.4) is 0 Å². The van der Waals surface area contributed by atoms with Crippen molar-refractivity contribution >= 4 is 22.9 Å². The fourth-order valence-electron chi connectivity index (χ4n) is 2.99. The van der Waals surface area contributed by atoms with Gasteiger partial charge in [-0.3, -0.25) is 9.36 Å². The maximum absolute atomic E-state index is 15.1. The van der Waals surface area contributed by atoms with Gasteiger partial charge in [0.05, 0.1) is 23.8 Å². The van der Waals surface area contributed by atoms with Crippen LogP contribution in [0.25, 0.3) is 16.7 Å². The average Bonchev–Trinajstić information content (AvgIpc) is 3.13. The van der Waals surface area contributed by atoms with Crippen molar-refractivity contribution in [1.29, 1.82) is 0 Å². The predicted octanol–water partition coefficient (Wildman–Crippen LogP) is 3.82. The summed E-state index contributed by atoms with van der Waals surface area (Å²) in [5.74, 6) is -1.33. The van der Waals surface area contributed by atoms with Crippen molar-refractivity contribution in [2.45, 2.75) is 20.3 Å².